The maximum Gasteiger partial charge on any atom is 0.160 e. The predicted octanol–water partition coefficient (Wildman–Crippen LogP) is 3.12. The number of benzene rings is 1. The smallest absolute Gasteiger partial charge is 0.160 e. The van der Waals surface area contributed by atoms with E-state index in [9.17, 15) is 4.39 Å². The molecule has 0 unspecified atom stereocenters. The van der Waals surface area contributed by atoms with Crippen LogP contribution in [0.3, 0.4) is 0 Å². The number of ether oxygens (including phenoxy) is 1. The van der Waals surface area contributed by atoms with E-state index in [1.165, 1.54) is 32.0 Å². The van der Waals surface area contributed by atoms with Crippen molar-refractivity contribution in [3.8, 4) is 5.75 Å². The van der Waals surface area contributed by atoms with Gasteiger partial charge in [-0.25, -0.2) is 19.3 Å². The van der Waals surface area contributed by atoms with Gasteiger partial charge >= 0.3 is 0 Å². The first kappa shape index (κ1) is 17.4. The summed E-state index contributed by atoms with van der Waals surface area (Å²) in [6, 6.07) is 6.56. The molecular formula is C19H18ClFN6O. The molecule has 0 amide bonds. The van der Waals surface area contributed by atoms with Crippen LogP contribution in [-0.4, -0.2) is 47.2 Å². The van der Waals surface area contributed by atoms with E-state index in [1.54, 1.807) is 0 Å². The van der Waals surface area contributed by atoms with E-state index in [0.717, 1.165) is 25.5 Å². The zero-order valence-electron chi connectivity index (χ0n) is 15.2. The van der Waals surface area contributed by atoms with Crippen LogP contribution in [0.4, 0.5) is 21.7 Å². The molecule has 0 radical (unpaired) electrons. The quantitative estimate of drug-likeness (QED) is 0.696. The number of hydrogen-bond donors (Lipinski definition) is 2. The number of methoxy groups -OCH3 is 1. The summed E-state index contributed by atoms with van der Waals surface area (Å²) in [6.07, 6.45) is 2.62. The molecule has 7 nitrogen and oxygen atoms in total. The highest BCUT2D eigenvalue weighted by Crippen LogP contribution is 2.35. The Morgan fingerprint density at radius 1 is 1.29 bits per heavy atom. The van der Waals surface area contributed by atoms with Gasteiger partial charge in [0.1, 0.15) is 29.2 Å². The van der Waals surface area contributed by atoms with Crippen LogP contribution in [0, 0.1) is 5.82 Å². The predicted molar refractivity (Wildman–Crippen MR) is 106 cm³/mol. The Balaban J connectivity index is 1.47. The Morgan fingerprint density at radius 2 is 2.11 bits per heavy atom. The van der Waals surface area contributed by atoms with Crippen molar-refractivity contribution in [1.82, 2.24) is 20.3 Å². The number of halogens is 2. The van der Waals surface area contributed by atoms with Gasteiger partial charge in [-0.1, -0.05) is 11.6 Å². The van der Waals surface area contributed by atoms with Crippen molar-refractivity contribution in [1.29, 1.82) is 0 Å². The monoisotopic (exact) mass is 400 g/mol. The van der Waals surface area contributed by atoms with E-state index >= 15 is 0 Å². The molecule has 0 bridgehead atoms. The summed E-state index contributed by atoms with van der Waals surface area (Å²) in [5.74, 6) is 1.06. The number of pyridine rings is 1. The van der Waals surface area contributed by atoms with Crippen LogP contribution in [0.25, 0.3) is 11.0 Å². The second-order valence-electron chi connectivity index (χ2n) is 7.16. The van der Waals surface area contributed by atoms with E-state index in [4.69, 9.17) is 21.3 Å². The topological polar surface area (TPSA) is 75.2 Å². The lowest BCUT2D eigenvalue weighted by molar-refractivity contribution is 0.159. The summed E-state index contributed by atoms with van der Waals surface area (Å²) in [7, 11) is 1.44. The fourth-order valence-corrected chi connectivity index (χ4v) is 3.94. The molecule has 28 heavy (non-hydrogen) atoms. The number of nitrogens with one attached hydrogen (secondary N) is 2. The van der Waals surface area contributed by atoms with Gasteiger partial charge in [0.2, 0.25) is 0 Å². The summed E-state index contributed by atoms with van der Waals surface area (Å²) in [5.41, 5.74) is 1.71. The Labute approximate surface area is 165 Å². The summed E-state index contributed by atoms with van der Waals surface area (Å²) >= 11 is 6.13. The number of hydrogen-bond acceptors (Lipinski definition) is 7. The number of nitrogens with zero attached hydrogens (tertiary/aromatic N) is 4. The maximum absolute atomic E-state index is 14.4. The molecule has 2 aliphatic heterocycles. The highest BCUT2D eigenvalue weighted by atomic mass is 35.5. The summed E-state index contributed by atoms with van der Waals surface area (Å²) in [4.78, 5) is 15.5. The Bertz CT molecular complexity index is 1070. The van der Waals surface area contributed by atoms with Gasteiger partial charge < -0.3 is 20.3 Å². The van der Waals surface area contributed by atoms with Crippen molar-refractivity contribution >= 4 is 40.0 Å². The van der Waals surface area contributed by atoms with Crippen LogP contribution < -0.4 is 20.3 Å². The second-order valence-corrected chi connectivity index (χ2v) is 7.57. The van der Waals surface area contributed by atoms with E-state index in [1.807, 2.05) is 12.1 Å². The van der Waals surface area contributed by atoms with Crippen molar-refractivity contribution in [3.63, 3.8) is 0 Å². The Kier molecular flexibility index (Phi) is 3.99. The first-order chi connectivity index (χ1) is 13.6. The fourth-order valence-electron chi connectivity index (χ4n) is 3.70. The van der Waals surface area contributed by atoms with Gasteiger partial charge in [0.25, 0.3) is 0 Å². The number of fused-ring (bicyclic) bond motifs is 1. The zero-order valence-corrected chi connectivity index (χ0v) is 15.9. The van der Waals surface area contributed by atoms with Crippen molar-refractivity contribution in [3.05, 3.63) is 41.4 Å². The average molecular weight is 401 g/mol. The first-order valence-electron chi connectivity index (χ1n) is 8.99. The second kappa shape index (κ2) is 6.42. The van der Waals surface area contributed by atoms with Crippen molar-refractivity contribution in [2.45, 2.75) is 12.0 Å². The SMILES string of the molecule is COc1cc(F)c(Nc2ncnc3ccc(N4CC5(CCN5)C4)nc23)cc1Cl. The van der Waals surface area contributed by atoms with Gasteiger partial charge in [-0.15, -0.1) is 0 Å². The molecule has 1 aromatic carbocycles. The van der Waals surface area contributed by atoms with Crippen LogP contribution in [0.5, 0.6) is 5.75 Å². The number of aromatic nitrogens is 3. The fraction of sp³-hybridized carbons (Fsp3) is 0.316. The standard InChI is InChI=1S/C19H18ClFN6O/c1-28-15-7-12(21)14(6-11(15)20)25-18-17-13(22-10-23-18)2-3-16(26-17)27-8-19(9-27)4-5-24-19/h2-3,6-7,10,24H,4-5,8-9H2,1H3,(H,22,23,25). The van der Waals surface area contributed by atoms with E-state index in [-0.39, 0.29) is 17.0 Å². The third kappa shape index (κ3) is 2.80. The highest BCUT2D eigenvalue weighted by Gasteiger charge is 2.47. The molecule has 1 spiro atoms. The third-order valence-electron chi connectivity index (χ3n) is 5.38. The minimum Gasteiger partial charge on any atom is -0.495 e. The van der Waals surface area contributed by atoms with E-state index < -0.39 is 5.82 Å². The summed E-state index contributed by atoms with van der Waals surface area (Å²) in [5, 5.41) is 6.78. The lowest BCUT2D eigenvalue weighted by Crippen LogP contribution is -2.76. The molecular weight excluding hydrogens is 383 g/mol. The highest BCUT2D eigenvalue weighted by molar-refractivity contribution is 6.32. The van der Waals surface area contributed by atoms with Gasteiger partial charge in [0.05, 0.1) is 28.9 Å². The third-order valence-corrected chi connectivity index (χ3v) is 5.67. The van der Waals surface area contributed by atoms with Gasteiger partial charge in [0.15, 0.2) is 5.82 Å². The normalized spacial score (nSPS) is 17.3. The lowest BCUT2D eigenvalue weighted by atomic mass is 9.80. The Morgan fingerprint density at radius 3 is 2.82 bits per heavy atom. The van der Waals surface area contributed by atoms with Crippen molar-refractivity contribution in [2.24, 2.45) is 0 Å². The molecule has 0 aliphatic carbocycles. The summed E-state index contributed by atoms with van der Waals surface area (Å²) < 4.78 is 19.5. The van der Waals surface area contributed by atoms with Gasteiger partial charge in [0, 0.05) is 19.2 Å². The molecule has 3 aromatic rings. The van der Waals surface area contributed by atoms with E-state index in [2.05, 4.69) is 25.5 Å². The minimum atomic E-state index is -0.495. The van der Waals surface area contributed by atoms with Crippen molar-refractivity contribution in [2.75, 3.05) is 37.0 Å². The lowest BCUT2D eigenvalue weighted by Gasteiger charge is -2.56. The molecule has 0 atom stereocenters. The average Bonchev–Trinajstić information content (AvgIpc) is 2.62. The molecule has 144 valence electrons. The van der Waals surface area contributed by atoms with Gasteiger partial charge in [-0.2, -0.15) is 0 Å². The largest absolute Gasteiger partial charge is 0.495 e. The van der Waals surface area contributed by atoms with E-state index in [0.29, 0.717) is 21.9 Å². The van der Waals surface area contributed by atoms with Crippen LogP contribution >= 0.6 is 11.6 Å². The molecule has 5 rings (SSSR count). The number of rotatable bonds is 4. The van der Waals surface area contributed by atoms with Crippen LogP contribution in [0.2, 0.25) is 5.02 Å². The maximum atomic E-state index is 14.4. The molecule has 9 heteroatoms. The molecule has 2 aromatic heterocycles. The van der Waals surface area contributed by atoms with Gasteiger partial charge in [-0.05, 0) is 31.2 Å². The Hall–Kier alpha value is -2.71. The molecule has 0 saturated carbocycles. The number of anilines is 3. The minimum absolute atomic E-state index is 0.194. The first-order valence-corrected chi connectivity index (χ1v) is 9.36. The molecule has 2 fully saturated rings. The molecule has 2 aliphatic rings. The molecule has 2 N–H and O–H groups in total. The molecule has 2 saturated heterocycles. The van der Waals surface area contributed by atoms with Crippen molar-refractivity contribution < 1.29 is 9.13 Å². The zero-order chi connectivity index (χ0) is 19.3. The summed E-state index contributed by atoms with van der Waals surface area (Å²) in [6.45, 7) is 2.95. The van der Waals surface area contributed by atoms with Crippen LogP contribution in [0.15, 0.2) is 30.6 Å². The van der Waals surface area contributed by atoms with Crippen LogP contribution in [-0.2, 0) is 0 Å². The van der Waals surface area contributed by atoms with Gasteiger partial charge in [-0.3, -0.25) is 0 Å². The molecule has 4 heterocycles. The van der Waals surface area contributed by atoms with Crippen LogP contribution in [0.1, 0.15) is 6.42 Å².